The van der Waals surface area contributed by atoms with Crippen LogP contribution in [0.15, 0.2) is 71.4 Å². The van der Waals surface area contributed by atoms with E-state index in [-0.39, 0.29) is 23.0 Å². The third-order valence-electron chi connectivity index (χ3n) is 4.93. The van der Waals surface area contributed by atoms with E-state index < -0.39 is 16.9 Å². The van der Waals surface area contributed by atoms with Gasteiger partial charge in [-0.25, -0.2) is 14.6 Å². The zero-order valence-electron chi connectivity index (χ0n) is 18.5. The summed E-state index contributed by atoms with van der Waals surface area (Å²) >= 11 is 2.01. The number of halogens is 1. The summed E-state index contributed by atoms with van der Waals surface area (Å²) in [5.74, 6) is -0.720. The van der Waals surface area contributed by atoms with Gasteiger partial charge in [0.05, 0.1) is 21.2 Å². The minimum absolute atomic E-state index is 0.00821. The smallest absolute Gasteiger partial charge is 0.363 e. The topological polar surface area (TPSA) is 117 Å². The fraction of sp³-hybridized carbons (Fsp3) is 0.0800. The number of nitrogens with zero attached hydrogens (tertiary/aromatic N) is 2. The molecule has 4 rings (SSSR count). The highest BCUT2D eigenvalue weighted by Crippen LogP contribution is 2.35. The number of nitro benzene ring substituents is 1. The van der Waals surface area contributed by atoms with Crippen LogP contribution in [-0.2, 0) is 9.53 Å². The Morgan fingerprint density at radius 2 is 1.91 bits per heavy atom. The molecule has 0 saturated heterocycles. The van der Waals surface area contributed by atoms with Crippen LogP contribution in [0.25, 0.3) is 6.08 Å². The van der Waals surface area contributed by atoms with Crippen molar-refractivity contribution in [1.29, 1.82) is 0 Å². The lowest BCUT2D eigenvalue weighted by molar-refractivity contribution is -0.384. The SMILES string of the molecule is COc1cc(/C=C2\N=C(c3cccc([N+](=O)[O-])c3)OC2=O)cc(I)c1OC(=O)c1cccc(C)c1. The second kappa shape index (κ2) is 10.1. The average Bonchev–Trinajstić information content (AvgIpc) is 3.20. The van der Waals surface area contributed by atoms with E-state index in [1.54, 1.807) is 36.4 Å². The predicted octanol–water partition coefficient (Wildman–Crippen LogP) is 5.08. The minimum atomic E-state index is -0.699. The first-order chi connectivity index (χ1) is 16.7. The van der Waals surface area contributed by atoms with Gasteiger partial charge in [0.25, 0.3) is 5.69 Å². The monoisotopic (exact) mass is 584 g/mol. The second-order valence-corrected chi connectivity index (χ2v) is 8.60. The number of aliphatic imine (C=N–C) groups is 1. The summed E-state index contributed by atoms with van der Waals surface area (Å²) in [5, 5.41) is 11.0. The number of benzene rings is 3. The van der Waals surface area contributed by atoms with E-state index in [1.165, 1.54) is 31.4 Å². The Hall–Kier alpha value is -4.06. The number of aryl methyl sites for hydroxylation is 1. The van der Waals surface area contributed by atoms with E-state index in [4.69, 9.17) is 14.2 Å². The van der Waals surface area contributed by atoms with E-state index in [9.17, 15) is 19.7 Å². The van der Waals surface area contributed by atoms with Gasteiger partial charge in [-0.15, -0.1) is 0 Å². The molecule has 176 valence electrons. The molecule has 35 heavy (non-hydrogen) atoms. The van der Waals surface area contributed by atoms with Gasteiger partial charge in [0.2, 0.25) is 5.90 Å². The first-order valence-electron chi connectivity index (χ1n) is 10.2. The number of methoxy groups -OCH3 is 1. The summed E-state index contributed by atoms with van der Waals surface area (Å²) in [7, 11) is 1.44. The number of cyclic esters (lactones) is 1. The fourth-order valence-electron chi connectivity index (χ4n) is 3.29. The van der Waals surface area contributed by atoms with Crippen LogP contribution in [0.1, 0.15) is 27.0 Å². The molecule has 0 aliphatic carbocycles. The highest BCUT2D eigenvalue weighted by atomic mass is 127. The van der Waals surface area contributed by atoms with Crippen LogP contribution < -0.4 is 9.47 Å². The number of non-ortho nitro benzene ring substituents is 1. The molecule has 0 fully saturated rings. The van der Waals surface area contributed by atoms with Crippen molar-refractivity contribution in [3.8, 4) is 11.5 Å². The molecule has 3 aromatic carbocycles. The van der Waals surface area contributed by atoms with E-state index in [1.807, 2.05) is 35.6 Å². The van der Waals surface area contributed by atoms with E-state index in [2.05, 4.69) is 4.99 Å². The van der Waals surface area contributed by atoms with Crippen LogP contribution in [0, 0.1) is 20.6 Å². The van der Waals surface area contributed by atoms with Gasteiger partial charge in [-0.3, -0.25) is 10.1 Å². The Kier molecular flexibility index (Phi) is 6.92. The molecule has 0 radical (unpaired) electrons. The molecular formula is C25H17IN2O7. The maximum absolute atomic E-state index is 12.6. The first kappa shape index (κ1) is 24.1. The van der Waals surface area contributed by atoms with Crippen molar-refractivity contribution in [3.63, 3.8) is 0 Å². The summed E-state index contributed by atoms with van der Waals surface area (Å²) in [4.78, 5) is 39.7. The van der Waals surface area contributed by atoms with Crippen molar-refractivity contribution in [2.24, 2.45) is 4.99 Å². The molecule has 0 unspecified atom stereocenters. The van der Waals surface area contributed by atoms with Gasteiger partial charge in [0.15, 0.2) is 17.2 Å². The van der Waals surface area contributed by atoms with Crippen LogP contribution in [0.4, 0.5) is 5.69 Å². The summed E-state index contributed by atoms with van der Waals surface area (Å²) in [6, 6.07) is 16.0. The Balaban J connectivity index is 1.63. The van der Waals surface area contributed by atoms with E-state index >= 15 is 0 Å². The number of carbonyl (C=O) groups is 2. The molecule has 9 nitrogen and oxygen atoms in total. The van der Waals surface area contributed by atoms with Crippen molar-refractivity contribution in [2.75, 3.05) is 7.11 Å². The molecule has 0 atom stereocenters. The molecular weight excluding hydrogens is 567 g/mol. The molecule has 0 amide bonds. The molecule has 1 heterocycles. The van der Waals surface area contributed by atoms with Crippen molar-refractivity contribution in [2.45, 2.75) is 6.92 Å². The average molecular weight is 584 g/mol. The Bertz CT molecular complexity index is 1430. The lowest BCUT2D eigenvalue weighted by Crippen LogP contribution is -2.10. The van der Waals surface area contributed by atoms with Crippen LogP contribution >= 0.6 is 22.6 Å². The van der Waals surface area contributed by atoms with Gasteiger partial charge < -0.3 is 14.2 Å². The molecule has 3 aromatic rings. The van der Waals surface area contributed by atoms with Crippen LogP contribution in [-0.4, -0.2) is 29.9 Å². The number of esters is 2. The molecule has 0 spiro atoms. The van der Waals surface area contributed by atoms with Crippen molar-refractivity contribution < 1.29 is 28.7 Å². The van der Waals surface area contributed by atoms with E-state index in [0.29, 0.717) is 26.0 Å². The highest BCUT2D eigenvalue weighted by Gasteiger charge is 2.26. The number of hydrogen-bond acceptors (Lipinski definition) is 8. The molecule has 10 heteroatoms. The number of rotatable bonds is 6. The normalized spacial score (nSPS) is 13.9. The van der Waals surface area contributed by atoms with Crippen LogP contribution in [0.2, 0.25) is 0 Å². The molecule has 1 aliphatic rings. The number of ether oxygens (including phenoxy) is 3. The third-order valence-corrected chi connectivity index (χ3v) is 5.73. The predicted molar refractivity (Wildman–Crippen MR) is 136 cm³/mol. The summed E-state index contributed by atoms with van der Waals surface area (Å²) in [6.45, 7) is 1.88. The zero-order chi connectivity index (χ0) is 25.1. The highest BCUT2D eigenvalue weighted by molar-refractivity contribution is 14.1. The Morgan fingerprint density at radius 3 is 2.63 bits per heavy atom. The standard InChI is InChI=1S/C25H17IN2O7/c1-14-5-3-7-17(9-14)24(29)34-22-19(26)10-15(12-21(22)33-2)11-20-25(30)35-23(27-20)16-6-4-8-18(13-16)28(31)32/h3-13H,1-2H3/b20-11-. The van der Waals surface area contributed by atoms with Gasteiger partial charge in [-0.2, -0.15) is 0 Å². The van der Waals surface area contributed by atoms with Crippen molar-refractivity contribution >= 4 is 52.2 Å². The fourth-order valence-corrected chi connectivity index (χ4v) is 4.02. The first-order valence-corrected chi connectivity index (χ1v) is 11.3. The third kappa shape index (κ3) is 5.38. The Labute approximate surface area is 213 Å². The Morgan fingerprint density at radius 1 is 1.14 bits per heavy atom. The van der Waals surface area contributed by atoms with E-state index in [0.717, 1.165) is 5.56 Å². The number of carbonyl (C=O) groups excluding carboxylic acids is 2. The molecule has 1 aliphatic heterocycles. The largest absolute Gasteiger partial charge is 0.493 e. The second-order valence-electron chi connectivity index (χ2n) is 7.44. The van der Waals surface area contributed by atoms with Crippen molar-refractivity contribution in [3.05, 3.63) is 102 Å². The summed E-state index contributed by atoms with van der Waals surface area (Å²) in [5.41, 5.74) is 2.06. The zero-order valence-corrected chi connectivity index (χ0v) is 20.6. The number of hydrogen-bond donors (Lipinski definition) is 0. The maximum atomic E-state index is 12.6. The summed E-state index contributed by atoms with van der Waals surface area (Å²) in [6.07, 6.45) is 1.49. The molecule has 0 bridgehead atoms. The van der Waals surface area contributed by atoms with Gasteiger partial charge in [-0.05, 0) is 71.5 Å². The quantitative estimate of drug-likeness (QED) is 0.0991. The van der Waals surface area contributed by atoms with Gasteiger partial charge in [-0.1, -0.05) is 23.8 Å². The lowest BCUT2D eigenvalue weighted by atomic mass is 10.1. The number of nitro groups is 1. The van der Waals surface area contributed by atoms with Gasteiger partial charge in [0.1, 0.15) is 0 Å². The summed E-state index contributed by atoms with van der Waals surface area (Å²) < 4.78 is 16.8. The van der Waals surface area contributed by atoms with Crippen LogP contribution in [0.3, 0.4) is 0 Å². The maximum Gasteiger partial charge on any atom is 0.363 e. The minimum Gasteiger partial charge on any atom is -0.493 e. The molecule has 0 saturated carbocycles. The van der Waals surface area contributed by atoms with Crippen molar-refractivity contribution in [1.82, 2.24) is 0 Å². The van der Waals surface area contributed by atoms with Crippen LogP contribution in [0.5, 0.6) is 11.5 Å². The lowest BCUT2D eigenvalue weighted by Gasteiger charge is -2.12. The van der Waals surface area contributed by atoms with Gasteiger partial charge >= 0.3 is 11.9 Å². The molecule has 0 N–H and O–H groups in total. The van der Waals surface area contributed by atoms with Gasteiger partial charge in [0, 0.05) is 17.7 Å². The molecule has 0 aromatic heterocycles.